The number of nitrogens with one attached hydrogen (secondary N) is 1. The zero-order valence-electron chi connectivity index (χ0n) is 23.4. The predicted octanol–water partition coefficient (Wildman–Crippen LogP) is 4.90. The summed E-state index contributed by atoms with van der Waals surface area (Å²) in [5.74, 6) is 1.66. The van der Waals surface area contributed by atoms with Crippen molar-refractivity contribution >= 4 is 37.8 Å². The molecule has 1 aliphatic heterocycles. The lowest BCUT2D eigenvalue weighted by atomic mass is 9.82. The van der Waals surface area contributed by atoms with Gasteiger partial charge in [0.25, 0.3) is 0 Å². The van der Waals surface area contributed by atoms with E-state index in [4.69, 9.17) is 9.47 Å². The minimum absolute atomic E-state index is 0.00958. The summed E-state index contributed by atoms with van der Waals surface area (Å²) < 4.78 is 41.0. The molecule has 0 radical (unpaired) electrons. The molecule has 0 spiro atoms. The van der Waals surface area contributed by atoms with Crippen molar-refractivity contribution in [3.05, 3.63) is 72.6 Å². The highest BCUT2D eigenvalue weighted by atomic mass is 32.2. The van der Waals surface area contributed by atoms with Gasteiger partial charge in [0.15, 0.2) is 0 Å². The van der Waals surface area contributed by atoms with Crippen LogP contribution in [0.1, 0.15) is 37.3 Å². The van der Waals surface area contributed by atoms with Crippen LogP contribution < -0.4 is 9.47 Å². The summed E-state index contributed by atoms with van der Waals surface area (Å²) in [7, 11) is -0.722. The molecule has 2 aliphatic rings. The maximum atomic E-state index is 14.0. The number of amides is 1. The first-order chi connectivity index (χ1) is 20.4. The van der Waals surface area contributed by atoms with E-state index in [9.17, 15) is 13.2 Å². The number of aromatic amines is 1. The Balaban J connectivity index is 1.31. The molecular weight excluding hydrogens is 554 g/mol. The van der Waals surface area contributed by atoms with Crippen LogP contribution in [0.15, 0.2) is 77.0 Å². The van der Waals surface area contributed by atoms with Crippen LogP contribution in [0.2, 0.25) is 0 Å². The number of benzene rings is 2. The fourth-order valence-corrected chi connectivity index (χ4v) is 8.19. The van der Waals surface area contributed by atoms with Gasteiger partial charge in [0.2, 0.25) is 20.9 Å². The van der Waals surface area contributed by atoms with Crippen LogP contribution in [-0.4, -0.2) is 59.0 Å². The van der Waals surface area contributed by atoms with Gasteiger partial charge in [-0.3, -0.25) is 4.79 Å². The zero-order chi connectivity index (χ0) is 29.0. The second-order valence-corrected chi connectivity index (χ2v) is 12.9. The summed E-state index contributed by atoms with van der Waals surface area (Å²) in [5.41, 5.74) is 2.84. The number of ether oxygens (including phenoxy) is 2. The highest BCUT2D eigenvalue weighted by molar-refractivity contribution is 7.91. The van der Waals surface area contributed by atoms with Crippen molar-refractivity contribution in [3.63, 3.8) is 0 Å². The molecule has 1 saturated carbocycles. The zero-order valence-corrected chi connectivity index (χ0v) is 24.2. The number of carbonyl (C=O) groups is 1. The number of hydrogen-bond acceptors (Lipinski definition) is 7. The van der Waals surface area contributed by atoms with Gasteiger partial charge in [-0.2, -0.15) is 0 Å². The van der Waals surface area contributed by atoms with E-state index in [-0.39, 0.29) is 34.0 Å². The Kier molecular flexibility index (Phi) is 6.41. The molecule has 216 valence electrons. The Morgan fingerprint density at radius 3 is 2.67 bits per heavy atom. The minimum atomic E-state index is -3.94. The van der Waals surface area contributed by atoms with Crippen LogP contribution in [0.25, 0.3) is 22.1 Å². The summed E-state index contributed by atoms with van der Waals surface area (Å²) in [6.07, 6.45) is 6.08. The van der Waals surface area contributed by atoms with Crippen LogP contribution in [0.4, 0.5) is 0 Å². The number of fused-ring (bicyclic) bond motifs is 4. The molecule has 1 amide bonds. The largest absolute Gasteiger partial charge is 0.497 e. The lowest BCUT2D eigenvalue weighted by Gasteiger charge is -2.37. The quantitative estimate of drug-likeness (QED) is 0.288. The van der Waals surface area contributed by atoms with Crippen molar-refractivity contribution in [1.29, 1.82) is 0 Å². The number of pyridine rings is 1. The average Bonchev–Trinajstić information content (AvgIpc) is 3.73. The number of rotatable bonds is 7. The molecule has 1 aliphatic carbocycles. The molecule has 3 unspecified atom stereocenters. The summed E-state index contributed by atoms with van der Waals surface area (Å²) >= 11 is 0. The van der Waals surface area contributed by atoms with Gasteiger partial charge in [-0.1, -0.05) is 18.2 Å². The Hall–Kier alpha value is -4.38. The maximum absolute atomic E-state index is 14.0. The molecule has 4 heterocycles. The van der Waals surface area contributed by atoms with Gasteiger partial charge in [-0.25, -0.2) is 18.4 Å². The van der Waals surface area contributed by atoms with Gasteiger partial charge < -0.3 is 23.9 Å². The average molecular weight is 586 g/mol. The predicted molar refractivity (Wildman–Crippen MR) is 156 cm³/mol. The van der Waals surface area contributed by atoms with E-state index in [1.54, 1.807) is 56.9 Å². The van der Waals surface area contributed by atoms with Crippen molar-refractivity contribution < 1.29 is 22.7 Å². The van der Waals surface area contributed by atoms with Gasteiger partial charge in [-0.15, -0.1) is 0 Å². The second-order valence-electron chi connectivity index (χ2n) is 11.0. The molecule has 3 atom stereocenters. The molecule has 11 heteroatoms. The first kappa shape index (κ1) is 26.5. The summed E-state index contributed by atoms with van der Waals surface area (Å²) in [4.78, 5) is 27.8. The molecule has 2 fully saturated rings. The van der Waals surface area contributed by atoms with Gasteiger partial charge in [0, 0.05) is 48.3 Å². The van der Waals surface area contributed by atoms with Crippen LogP contribution >= 0.6 is 0 Å². The fraction of sp³-hybridized carbons (Fsp3) is 0.323. The van der Waals surface area contributed by atoms with Gasteiger partial charge in [-0.05, 0) is 55.5 Å². The monoisotopic (exact) mass is 585 g/mol. The standard InChI is InChI=1S/C31H31N5O5S/c1-40-22-11-9-20(27(16-22)41-2)18-35-26-15-21(10-8-19(26)14-28(35)37)36-29-24-12-13-32-30(24)33-17-25(29)34-31(36)42(38,39)23-6-4-3-5-7-23/h3-7,9,11-13,16-17,19,21,26H,8,10,14-15,18H2,1-2H3,(H,32,33). The number of imidazole rings is 1. The van der Waals surface area contributed by atoms with Crippen molar-refractivity contribution in [3.8, 4) is 11.5 Å². The number of hydrogen-bond donors (Lipinski definition) is 1. The van der Waals surface area contributed by atoms with Crippen molar-refractivity contribution in [2.75, 3.05) is 14.2 Å². The van der Waals surface area contributed by atoms with E-state index in [1.165, 1.54) is 0 Å². The van der Waals surface area contributed by atoms with Crippen LogP contribution in [0.3, 0.4) is 0 Å². The van der Waals surface area contributed by atoms with E-state index in [2.05, 4.69) is 15.0 Å². The summed E-state index contributed by atoms with van der Waals surface area (Å²) in [6, 6.07) is 15.7. The smallest absolute Gasteiger partial charge is 0.240 e. The molecule has 10 nitrogen and oxygen atoms in total. The third-order valence-corrected chi connectivity index (χ3v) is 10.4. The Bertz CT molecular complexity index is 1920. The van der Waals surface area contributed by atoms with Crippen LogP contribution in [0.5, 0.6) is 11.5 Å². The molecule has 42 heavy (non-hydrogen) atoms. The first-order valence-electron chi connectivity index (χ1n) is 14.0. The third-order valence-electron chi connectivity index (χ3n) is 8.78. The Morgan fingerprint density at radius 1 is 1.05 bits per heavy atom. The molecule has 1 saturated heterocycles. The number of H-pyrrole nitrogens is 1. The first-order valence-corrected chi connectivity index (χ1v) is 15.5. The highest BCUT2D eigenvalue weighted by Crippen LogP contribution is 2.45. The number of nitrogens with zero attached hydrogens (tertiary/aromatic N) is 4. The highest BCUT2D eigenvalue weighted by Gasteiger charge is 2.45. The topological polar surface area (TPSA) is 119 Å². The van der Waals surface area contributed by atoms with E-state index in [0.29, 0.717) is 42.0 Å². The SMILES string of the molecule is COc1ccc(CN2C(=O)CC3CCC(n4c(S(=O)(=O)c5ccccc5)nc5cnc6[nH]ccc6c54)CC32)c(OC)c1. The van der Waals surface area contributed by atoms with Crippen molar-refractivity contribution in [2.45, 2.75) is 54.4 Å². The molecule has 2 aromatic carbocycles. The fourth-order valence-electron chi connectivity index (χ4n) is 6.74. The number of sulfone groups is 1. The molecule has 0 bridgehead atoms. The number of carbonyl (C=O) groups excluding carboxylic acids is 1. The van der Waals surface area contributed by atoms with Crippen molar-refractivity contribution in [2.24, 2.45) is 5.92 Å². The van der Waals surface area contributed by atoms with E-state index < -0.39 is 9.84 Å². The Morgan fingerprint density at radius 2 is 1.88 bits per heavy atom. The van der Waals surface area contributed by atoms with Gasteiger partial charge >= 0.3 is 0 Å². The summed E-state index contributed by atoms with van der Waals surface area (Å²) in [5, 5.41) is 0.828. The molecular formula is C31H31N5O5S. The minimum Gasteiger partial charge on any atom is -0.497 e. The van der Waals surface area contributed by atoms with Crippen molar-refractivity contribution in [1.82, 2.24) is 24.4 Å². The van der Waals surface area contributed by atoms with Crippen LogP contribution in [0, 0.1) is 5.92 Å². The van der Waals surface area contributed by atoms with Gasteiger partial charge in [0.05, 0.1) is 30.8 Å². The van der Waals surface area contributed by atoms with E-state index >= 15 is 0 Å². The number of aromatic nitrogens is 4. The summed E-state index contributed by atoms with van der Waals surface area (Å²) in [6.45, 7) is 0.408. The van der Waals surface area contributed by atoms with E-state index in [0.717, 1.165) is 29.3 Å². The number of likely N-dealkylation sites (tertiary alicyclic amines) is 1. The Labute approximate surface area is 243 Å². The molecule has 1 N–H and O–H groups in total. The third kappa shape index (κ3) is 4.22. The second kappa shape index (κ2) is 10.2. The number of methoxy groups -OCH3 is 2. The van der Waals surface area contributed by atoms with E-state index in [1.807, 2.05) is 33.7 Å². The normalized spacial score (nSPS) is 20.8. The maximum Gasteiger partial charge on any atom is 0.240 e. The van der Waals surface area contributed by atoms with Crippen LogP contribution in [-0.2, 0) is 21.2 Å². The molecule has 7 rings (SSSR count). The lowest BCUT2D eigenvalue weighted by Crippen LogP contribution is -2.39. The molecule has 5 aromatic rings. The molecule has 3 aromatic heterocycles. The van der Waals surface area contributed by atoms with Gasteiger partial charge in [0.1, 0.15) is 22.7 Å². The lowest BCUT2D eigenvalue weighted by molar-refractivity contribution is -0.129.